The first kappa shape index (κ1) is 16.8. The molecule has 0 aliphatic heterocycles. The van der Waals surface area contributed by atoms with E-state index in [1.54, 1.807) is 11.8 Å². The van der Waals surface area contributed by atoms with E-state index in [0.717, 1.165) is 19.4 Å². The third kappa shape index (κ3) is 5.80. The molecule has 0 aromatic rings. The number of carboxylic acids is 1. The van der Waals surface area contributed by atoms with Crippen LogP contribution in [-0.2, 0) is 4.79 Å². The van der Waals surface area contributed by atoms with Crippen molar-refractivity contribution in [1.29, 1.82) is 0 Å². The Bertz CT molecular complexity index is 329. The van der Waals surface area contributed by atoms with Crippen molar-refractivity contribution in [2.24, 2.45) is 11.8 Å². The van der Waals surface area contributed by atoms with Gasteiger partial charge in [0, 0.05) is 19.6 Å². The van der Waals surface area contributed by atoms with Gasteiger partial charge in [0.2, 0.25) is 0 Å². The van der Waals surface area contributed by atoms with Crippen molar-refractivity contribution in [3.63, 3.8) is 0 Å². The first-order chi connectivity index (χ1) is 9.40. The lowest BCUT2D eigenvalue weighted by atomic mass is 9.85. The molecule has 1 aliphatic carbocycles. The summed E-state index contributed by atoms with van der Waals surface area (Å²) in [5.74, 6) is -0.376. The number of urea groups is 1. The lowest BCUT2D eigenvalue weighted by Crippen LogP contribution is -2.44. The number of aliphatic carboxylic acids is 1. The van der Waals surface area contributed by atoms with Gasteiger partial charge in [-0.05, 0) is 38.5 Å². The van der Waals surface area contributed by atoms with Gasteiger partial charge in [-0.2, -0.15) is 0 Å². The van der Waals surface area contributed by atoms with Gasteiger partial charge in [-0.25, -0.2) is 4.79 Å². The summed E-state index contributed by atoms with van der Waals surface area (Å²) in [4.78, 5) is 24.4. The van der Waals surface area contributed by atoms with Crippen LogP contribution in [0.5, 0.6) is 0 Å². The summed E-state index contributed by atoms with van der Waals surface area (Å²) in [6.45, 7) is 4.53. The second kappa shape index (κ2) is 8.12. The van der Waals surface area contributed by atoms with Gasteiger partial charge in [0.1, 0.15) is 0 Å². The highest BCUT2D eigenvalue weighted by Gasteiger charge is 2.22. The van der Waals surface area contributed by atoms with Gasteiger partial charge >= 0.3 is 12.0 Å². The second-order valence-electron chi connectivity index (χ2n) is 6.20. The second-order valence-corrected chi connectivity index (χ2v) is 6.20. The van der Waals surface area contributed by atoms with Gasteiger partial charge in [0.25, 0.3) is 0 Å². The van der Waals surface area contributed by atoms with Crippen molar-refractivity contribution < 1.29 is 14.7 Å². The van der Waals surface area contributed by atoms with Crippen molar-refractivity contribution in [2.45, 2.75) is 58.4 Å². The Labute approximate surface area is 121 Å². The van der Waals surface area contributed by atoms with Crippen molar-refractivity contribution in [2.75, 3.05) is 13.6 Å². The molecule has 2 amide bonds. The van der Waals surface area contributed by atoms with Crippen molar-refractivity contribution in [3.05, 3.63) is 0 Å². The van der Waals surface area contributed by atoms with Crippen LogP contribution >= 0.6 is 0 Å². The zero-order chi connectivity index (χ0) is 15.1. The number of nitrogens with one attached hydrogen (secondary N) is 1. The summed E-state index contributed by atoms with van der Waals surface area (Å²) in [6.07, 6.45) is 6.06. The number of carbonyl (C=O) groups is 2. The van der Waals surface area contributed by atoms with Gasteiger partial charge in [0.15, 0.2) is 0 Å². The number of hydrogen-bond acceptors (Lipinski definition) is 2. The zero-order valence-electron chi connectivity index (χ0n) is 12.9. The normalized spacial score (nSPS) is 17.9. The van der Waals surface area contributed by atoms with Gasteiger partial charge in [0.05, 0.1) is 5.92 Å². The van der Waals surface area contributed by atoms with Crippen LogP contribution in [0.2, 0.25) is 0 Å². The van der Waals surface area contributed by atoms with E-state index in [1.165, 1.54) is 19.3 Å². The molecule has 0 radical (unpaired) electrons. The maximum atomic E-state index is 12.0. The molecule has 0 spiro atoms. The minimum absolute atomic E-state index is 0.0179. The molecule has 20 heavy (non-hydrogen) atoms. The smallest absolute Gasteiger partial charge is 0.317 e. The molecule has 1 saturated carbocycles. The molecule has 2 N–H and O–H groups in total. The molecule has 0 saturated heterocycles. The van der Waals surface area contributed by atoms with Crippen molar-refractivity contribution in [1.82, 2.24) is 10.2 Å². The Morgan fingerprint density at radius 3 is 2.45 bits per heavy atom. The first-order valence-corrected chi connectivity index (χ1v) is 7.64. The van der Waals surface area contributed by atoms with Crippen molar-refractivity contribution >= 4 is 12.0 Å². The molecule has 1 rings (SSSR count). The van der Waals surface area contributed by atoms with Crippen LogP contribution in [0.4, 0.5) is 4.79 Å². The van der Waals surface area contributed by atoms with Crippen LogP contribution in [0.1, 0.15) is 52.4 Å². The highest BCUT2D eigenvalue weighted by Crippen LogP contribution is 2.26. The zero-order valence-corrected chi connectivity index (χ0v) is 12.9. The largest absolute Gasteiger partial charge is 0.481 e. The summed E-state index contributed by atoms with van der Waals surface area (Å²) < 4.78 is 0. The molecule has 5 nitrogen and oxygen atoms in total. The van der Waals surface area contributed by atoms with E-state index >= 15 is 0 Å². The summed E-state index contributed by atoms with van der Waals surface area (Å²) in [5.41, 5.74) is 0. The van der Waals surface area contributed by atoms with Crippen LogP contribution in [0.25, 0.3) is 0 Å². The van der Waals surface area contributed by atoms with E-state index in [0.29, 0.717) is 12.3 Å². The molecule has 2 unspecified atom stereocenters. The molecule has 116 valence electrons. The van der Waals surface area contributed by atoms with Crippen LogP contribution in [0, 0.1) is 11.8 Å². The molecule has 0 heterocycles. The minimum Gasteiger partial charge on any atom is -0.481 e. The molecule has 1 aliphatic rings. The molecule has 1 fully saturated rings. The van der Waals surface area contributed by atoms with E-state index in [4.69, 9.17) is 5.11 Å². The molecule has 2 atom stereocenters. The topological polar surface area (TPSA) is 69.6 Å². The monoisotopic (exact) mass is 284 g/mol. The fourth-order valence-electron chi connectivity index (χ4n) is 2.39. The lowest BCUT2D eigenvalue weighted by Gasteiger charge is -2.30. The molecule has 5 heteroatoms. The average Bonchev–Trinajstić information content (AvgIpc) is 2.32. The summed E-state index contributed by atoms with van der Waals surface area (Å²) >= 11 is 0. The van der Waals surface area contributed by atoms with Gasteiger partial charge in [-0.3, -0.25) is 4.79 Å². The number of hydrogen-bond donors (Lipinski definition) is 2. The van der Waals surface area contributed by atoms with Crippen LogP contribution in [0.15, 0.2) is 0 Å². The predicted molar refractivity (Wildman–Crippen MR) is 78.6 cm³/mol. The first-order valence-electron chi connectivity index (χ1n) is 7.64. The Balaban J connectivity index is 2.15. The molecule has 0 aromatic carbocycles. The number of nitrogens with zero attached hydrogens (tertiary/aromatic N) is 1. The fraction of sp³-hybridized carbons (Fsp3) is 0.867. The van der Waals surface area contributed by atoms with E-state index in [9.17, 15) is 9.59 Å². The maximum Gasteiger partial charge on any atom is 0.317 e. The quantitative estimate of drug-likeness (QED) is 0.720. The summed E-state index contributed by atoms with van der Waals surface area (Å²) in [6, 6.07) is 0.0722. The Morgan fingerprint density at radius 2 is 1.95 bits per heavy atom. The van der Waals surface area contributed by atoms with Gasteiger partial charge < -0.3 is 15.3 Å². The number of amides is 2. The number of carboxylic acid groups (broad SMARTS) is 1. The average molecular weight is 284 g/mol. The highest BCUT2D eigenvalue weighted by molar-refractivity contribution is 5.74. The Hall–Kier alpha value is -1.26. The van der Waals surface area contributed by atoms with E-state index < -0.39 is 5.97 Å². The van der Waals surface area contributed by atoms with Crippen LogP contribution in [0.3, 0.4) is 0 Å². The maximum absolute atomic E-state index is 12.0. The number of carbonyl (C=O) groups excluding carboxylic acids is 1. The van der Waals surface area contributed by atoms with E-state index in [1.807, 2.05) is 14.0 Å². The SMILES string of the molecule is CC(CCCC(C)C(=O)O)NC(=O)N(C)CC1CCC1. The number of rotatable bonds is 8. The Morgan fingerprint density at radius 1 is 1.30 bits per heavy atom. The molecule has 0 aromatic heterocycles. The third-order valence-electron chi connectivity index (χ3n) is 4.17. The minimum atomic E-state index is -0.748. The highest BCUT2D eigenvalue weighted by atomic mass is 16.4. The van der Waals surface area contributed by atoms with Gasteiger partial charge in [-0.15, -0.1) is 0 Å². The summed E-state index contributed by atoms with van der Waals surface area (Å²) in [5, 5.41) is 11.8. The fourth-order valence-corrected chi connectivity index (χ4v) is 2.39. The lowest BCUT2D eigenvalue weighted by molar-refractivity contribution is -0.141. The summed E-state index contributed by atoms with van der Waals surface area (Å²) in [7, 11) is 1.84. The van der Waals surface area contributed by atoms with Crippen molar-refractivity contribution in [3.8, 4) is 0 Å². The van der Waals surface area contributed by atoms with Gasteiger partial charge in [-0.1, -0.05) is 19.8 Å². The molecule has 0 bridgehead atoms. The van der Waals surface area contributed by atoms with Crippen LogP contribution < -0.4 is 5.32 Å². The molecular weight excluding hydrogens is 256 g/mol. The van der Waals surface area contributed by atoms with E-state index in [-0.39, 0.29) is 18.0 Å². The molecular formula is C15H28N2O3. The van der Waals surface area contributed by atoms with Crippen LogP contribution in [-0.4, -0.2) is 41.6 Å². The third-order valence-corrected chi connectivity index (χ3v) is 4.17. The Kier molecular flexibility index (Phi) is 6.82. The standard InChI is InChI=1S/C15H28N2O3/c1-11(14(18)19)6-4-7-12(2)16-15(20)17(3)10-13-8-5-9-13/h11-13H,4-10H2,1-3H3,(H,16,20)(H,18,19). The van der Waals surface area contributed by atoms with E-state index in [2.05, 4.69) is 5.32 Å². The predicted octanol–water partition coefficient (Wildman–Crippen LogP) is 2.71.